The highest BCUT2D eigenvalue weighted by Gasteiger charge is 2.11. The minimum atomic E-state index is -0.668. The Bertz CT molecular complexity index is 576. The van der Waals surface area contributed by atoms with Gasteiger partial charge in [0.25, 0.3) is 5.91 Å². The summed E-state index contributed by atoms with van der Waals surface area (Å²) >= 11 is 0. The van der Waals surface area contributed by atoms with Crippen molar-refractivity contribution in [1.82, 2.24) is 5.32 Å². The zero-order valence-electron chi connectivity index (χ0n) is 11.5. The highest BCUT2D eigenvalue weighted by atomic mass is 19.1. The van der Waals surface area contributed by atoms with Gasteiger partial charge in [-0.2, -0.15) is 0 Å². The molecule has 0 aliphatic rings. The van der Waals surface area contributed by atoms with Crippen molar-refractivity contribution in [2.45, 2.75) is 19.3 Å². The van der Waals surface area contributed by atoms with Crippen LogP contribution in [0.2, 0.25) is 0 Å². The highest BCUT2D eigenvalue weighted by Crippen LogP contribution is 2.10. The summed E-state index contributed by atoms with van der Waals surface area (Å²) < 4.78 is 13.8. The Morgan fingerprint density at radius 2 is 2.14 bits per heavy atom. The summed E-state index contributed by atoms with van der Waals surface area (Å²) in [5.41, 5.74) is 5.33. The molecule has 4 N–H and O–H groups in total. The Balaban J connectivity index is 2.61. The molecule has 1 aromatic carbocycles. The molecule has 2 amide bonds. The number of nitrogens with two attached hydrogens (primary N) is 1. The van der Waals surface area contributed by atoms with Crippen molar-refractivity contribution >= 4 is 11.8 Å². The Morgan fingerprint density at radius 3 is 2.76 bits per heavy atom. The Labute approximate surface area is 122 Å². The van der Waals surface area contributed by atoms with Gasteiger partial charge in [0, 0.05) is 24.9 Å². The van der Waals surface area contributed by atoms with Gasteiger partial charge in [0.1, 0.15) is 5.82 Å². The second-order valence-electron chi connectivity index (χ2n) is 4.30. The van der Waals surface area contributed by atoms with Crippen LogP contribution in [0.25, 0.3) is 0 Å². The number of amides is 2. The Hall–Kier alpha value is -2.39. The number of aliphatic hydroxyl groups is 1. The number of hydrogen-bond donors (Lipinski definition) is 3. The van der Waals surface area contributed by atoms with Crippen molar-refractivity contribution in [3.63, 3.8) is 0 Å². The van der Waals surface area contributed by atoms with E-state index in [1.54, 1.807) is 0 Å². The molecule has 0 aliphatic heterocycles. The number of aliphatic hydroxyl groups excluding tert-OH is 1. The quantitative estimate of drug-likeness (QED) is 0.528. The lowest BCUT2D eigenvalue weighted by molar-refractivity contribution is -0.118. The molecule has 21 heavy (non-hydrogen) atoms. The lowest BCUT2D eigenvalue weighted by Crippen LogP contribution is -2.26. The van der Waals surface area contributed by atoms with Crippen LogP contribution in [0.4, 0.5) is 4.39 Å². The average Bonchev–Trinajstić information content (AvgIpc) is 2.43. The molecule has 0 radical (unpaired) electrons. The van der Waals surface area contributed by atoms with Crippen LogP contribution in [0.15, 0.2) is 18.2 Å². The predicted octanol–water partition coefficient (Wildman–Crippen LogP) is 0.555. The van der Waals surface area contributed by atoms with Crippen LogP contribution in [-0.2, 0) is 4.79 Å². The molecule has 0 unspecified atom stereocenters. The van der Waals surface area contributed by atoms with Crippen LogP contribution in [0, 0.1) is 17.7 Å². The van der Waals surface area contributed by atoms with Crippen LogP contribution in [-0.4, -0.2) is 30.1 Å². The van der Waals surface area contributed by atoms with Gasteiger partial charge in [-0.05, 0) is 24.6 Å². The van der Waals surface area contributed by atoms with E-state index in [1.807, 2.05) is 0 Å². The van der Waals surface area contributed by atoms with Crippen molar-refractivity contribution in [2.75, 3.05) is 13.2 Å². The van der Waals surface area contributed by atoms with E-state index >= 15 is 0 Å². The molecule has 1 rings (SSSR count). The molecule has 0 atom stereocenters. The average molecular weight is 292 g/mol. The van der Waals surface area contributed by atoms with E-state index in [1.165, 1.54) is 18.2 Å². The molecule has 6 heteroatoms. The number of halogens is 1. The molecular formula is C15H17FN2O3. The standard InChI is InChI=1S/C15H17FN2O3/c16-13-10-11(4-1-2-9-19)6-7-12(13)15(21)18-8-3-5-14(17)20/h6-7,10,19H,2-3,5,8-9H2,(H2,17,20)(H,18,21). The SMILES string of the molecule is NC(=O)CCCNC(=O)c1ccc(C#CCCO)cc1F. The minimum Gasteiger partial charge on any atom is -0.395 e. The number of rotatable bonds is 6. The van der Waals surface area contributed by atoms with Gasteiger partial charge in [-0.3, -0.25) is 9.59 Å². The Morgan fingerprint density at radius 1 is 1.38 bits per heavy atom. The third kappa shape index (κ3) is 6.06. The van der Waals surface area contributed by atoms with Crippen LogP contribution < -0.4 is 11.1 Å². The normalized spacial score (nSPS) is 9.62. The second-order valence-corrected chi connectivity index (χ2v) is 4.30. The summed E-state index contributed by atoms with van der Waals surface area (Å²) in [4.78, 5) is 22.3. The van der Waals surface area contributed by atoms with Crippen LogP contribution in [0.1, 0.15) is 35.2 Å². The largest absolute Gasteiger partial charge is 0.395 e. The lowest BCUT2D eigenvalue weighted by atomic mass is 10.1. The van der Waals surface area contributed by atoms with E-state index in [4.69, 9.17) is 10.8 Å². The maximum Gasteiger partial charge on any atom is 0.254 e. The van der Waals surface area contributed by atoms with E-state index in [2.05, 4.69) is 17.2 Å². The Kier molecular flexibility index (Phi) is 6.92. The van der Waals surface area contributed by atoms with E-state index in [-0.39, 0.29) is 25.1 Å². The fourth-order valence-electron chi connectivity index (χ4n) is 1.56. The first-order valence-electron chi connectivity index (χ1n) is 6.50. The van der Waals surface area contributed by atoms with Crippen molar-refractivity contribution < 1.29 is 19.1 Å². The molecule has 0 aliphatic carbocycles. The minimum absolute atomic E-state index is 0.0543. The van der Waals surface area contributed by atoms with Gasteiger partial charge in [0.05, 0.1) is 12.2 Å². The molecule has 0 aromatic heterocycles. The van der Waals surface area contributed by atoms with Crippen molar-refractivity contribution in [2.24, 2.45) is 5.73 Å². The molecule has 0 heterocycles. The highest BCUT2D eigenvalue weighted by molar-refractivity contribution is 5.94. The topological polar surface area (TPSA) is 92.4 Å². The summed E-state index contributed by atoms with van der Waals surface area (Å²) in [7, 11) is 0. The molecule has 5 nitrogen and oxygen atoms in total. The molecule has 112 valence electrons. The number of nitrogens with one attached hydrogen (secondary N) is 1. The number of hydrogen-bond acceptors (Lipinski definition) is 3. The van der Waals surface area contributed by atoms with Gasteiger partial charge in [0.2, 0.25) is 5.91 Å². The predicted molar refractivity (Wildman–Crippen MR) is 75.7 cm³/mol. The fourth-order valence-corrected chi connectivity index (χ4v) is 1.56. The lowest BCUT2D eigenvalue weighted by Gasteiger charge is -2.05. The molecule has 1 aromatic rings. The smallest absolute Gasteiger partial charge is 0.254 e. The van der Waals surface area contributed by atoms with Crippen LogP contribution in [0.3, 0.4) is 0 Å². The number of carbonyl (C=O) groups excluding carboxylic acids is 2. The second kappa shape index (κ2) is 8.72. The van der Waals surface area contributed by atoms with Crippen LogP contribution >= 0.6 is 0 Å². The van der Waals surface area contributed by atoms with Gasteiger partial charge < -0.3 is 16.2 Å². The van der Waals surface area contributed by atoms with Gasteiger partial charge >= 0.3 is 0 Å². The van der Waals surface area contributed by atoms with Crippen molar-refractivity contribution in [3.8, 4) is 11.8 Å². The van der Waals surface area contributed by atoms with Gasteiger partial charge in [0.15, 0.2) is 0 Å². The molecule has 0 fully saturated rings. The number of benzene rings is 1. The number of primary amides is 1. The molecule has 0 bridgehead atoms. The van der Waals surface area contributed by atoms with Gasteiger partial charge in [-0.1, -0.05) is 11.8 Å². The van der Waals surface area contributed by atoms with E-state index < -0.39 is 17.6 Å². The monoisotopic (exact) mass is 292 g/mol. The summed E-state index contributed by atoms with van der Waals surface area (Å²) in [6, 6.07) is 4.05. The first kappa shape index (κ1) is 16.7. The number of carbonyl (C=O) groups is 2. The third-order valence-electron chi connectivity index (χ3n) is 2.57. The van der Waals surface area contributed by atoms with Gasteiger partial charge in [-0.15, -0.1) is 0 Å². The summed E-state index contributed by atoms with van der Waals surface area (Å²) in [5.74, 6) is 3.69. The maximum atomic E-state index is 13.8. The summed E-state index contributed by atoms with van der Waals surface area (Å²) in [5, 5.41) is 11.1. The van der Waals surface area contributed by atoms with E-state index in [9.17, 15) is 14.0 Å². The molecule has 0 saturated carbocycles. The molecule has 0 saturated heterocycles. The summed E-state index contributed by atoms with van der Waals surface area (Å²) in [6.45, 7) is 0.195. The first-order chi connectivity index (χ1) is 10.0. The van der Waals surface area contributed by atoms with E-state index in [0.29, 0.717) is 18.4 Å². The van der Waals surface area contributed by atoms with Crippen molar-refractivity contribution in [1.29, 1.82) is 0 Å². The fraction of sp³-hybridized carbons (Fsp3) is 0.333. The van der Waals surface area contributed by atoms with E-state index in [0.717, 1.165) is 0 Å². The van der Waals surface area contributed by atoms with Gasteiger partial charge in [-0.25, -0.2) is 4.39 Å². The molecule has 0 spiro atoms. The third-order valence-corrected chi connectivity index (χ3v) is 2.57. The zero-order chi connectivity index (χ0) is 15.7. The molecular weight excluding hydrogens is 275 g/mol. The first-order valence-corrected chi connectivity index (χ1v) is 6.50. The van der Waals surface area contributed by atoms with Crippen molar-refractivity contribution in [3.05, 3.63) is 35.1 Å². The summed E-state index contributed by atoms with van der Waals surface area (Å²) in [6.07, 6.45) is 0.888. The van der Waals surface area contributed by atoms with Crippen LogP contribution in [0.5, 0.6) is 0 Å². The maximum absolute atomic E-state index is 13.8. The zero-order valence-corrected chi connectivity index (χ0v) is 11.5.